The van der Waals surface area contributed by atoms with Crippen LogP contribution in [-0.2, 0) is 18.9 Å². The first-order chi connectivity index (χ1) is 9.09. The van der Waals surface area contributed by atoms with Crippen LogP contribution in [0.4, 0.5) is 4.79 Å². The molecule has 0 saturated carbocycles. The van der Waals surface area contributed by atoms with Crippen LogP contribution >= 0.6 is 0 Å². The average Bonchev–Trinajstić information content (AvgIpc) is 2.62. The Morgan fingerprint density at radius 1 is 1.50 bits per heavy atom. The van der Waals surface area contributed by atoms with Crippen LogP contribution in [0, 0.1) is 0 Å². The second kappa shape index (κ2) is 6.56. The Labute approximate surface area is 119 Å². The fourth-order valence-corrected chi connectivity index (χ4v) is 1.60. The van der Waals surface area contributed by atoms with Crippen molar-refractivity contribution >= 4 is 6.16 Å². The zero-order valence-electron chi connectivity index (χ0n) is 12.7. The Kier molecular flexibility index (Phi) is 5.56. The van der Waals surface area contributed by atoms with Gasteiger partial charge in [0.25, 0.3) is 0 Å². The molecule has 6 heteroatoms. The van der Waals surface area contributed by atoms with Crippen LogP contribution in [0.1, 0.15) is 34.6 Å². The SMILES string of the molecule is CC(C)(C)OC(=O)OC/C=C\[C@H](O)[C@H]1COC(C)(C)O1. The third kappa shape index (κ3) is 6.36. The fourth-order valence-electron chi connectivity index (χ4n) is 1.60. The van der Waals surface area contributed by atoms with Gasteiger partial charge in [-0.25, -0.2) is 4.79 Å². The van der Waals surface area contributed by atoms with Gasteiger partial charge in [-0.2, -0.15) is 0 Å². The summed E-state index contributed by atoms with van der Waals surface area (Å²) < 4.78 is 20.7. The summed E-state index contributed by atoms with van der Waals surface area (Å²) in [6, 6.07) is 0. The van der Waals surface area contributed by atoms with E-state index in [0.717, 1.165) is 0 Å². The highest BCUT2D eigenvalue weighted by molar-refractivity contribution is 5.60. The molecule has 1 saturated heterocycles. The summed E-state index contributed by atoms with van der Waals surface area (Å²) in [6.45, 7) is 9.20. The van der Waals surface area contributed by atoms with Crippen molar-refractivity contribution < 1.29 is 28.8 Å². The molecule has 1 heterocycles. The van der Waals surface area contributed by atoms with Crippen LogP contribution in [0.15, 0.2) is 12.2 Å². The molecule has 0 aromatic rings. The Hall–Kier alpha value is -1.11. The van der Waals surface area contributed by atoms with Gasteiger partial charge in [0.05, 0.1) is 6.61 Å². The van der Waals surface area contributed by atoms with Crippen LogP contribution < -0.4 is 0 Å². The van der Waals surface area contributed by atoms with Gasteiger partial charge in [0.15, 0.2) is 5.79 Å². The number of hydrogen-bond donors (Lipinski definition) is 1. The summed E-state index contributed by atoms with van der Waals surface area (Å²) in [4.78, 5) is 11.3. The van der Waals surface area contributed by atoms with Gasteiger partial charge in [0.2, 0.25) is 0 Å². The Bertz CT molecular complexity index is 355. The molecule has 1 N–H and O–H groups in total. The van der Waals surface area contributed by atoms with Gasteiger partial charge >= 0.3 is 6.16 Å². The third-order valence-corrected chi connectivity index (χ3v) is 2.43. The number of aliphatic hydroxyl groups is 1. The highest BCUT2D eigenvalue weighted by Gasteiger charge is 2.35. The quantitative estimate of drug-likeness (QED) is 0.630. The molecular formula is C14H24O6. The second-order valence-corrected chi connectivity index (χ2v) is 6.06. The van der Waals surface area contributed by atoms with Gasteiger partial charge in [-0.15, -0.1) is 0 Å². The summed E-state index contributed by atoms with van der Waals surface area (Å²) in [7, 11) is 0. The van der Waals surface area contributed by atoms with E-state index in [1.165, 1.54) is 6.08 Å². The molecule has 6 nitrogen and oxygen atoms in total. The highest BCUT2D eigenvalue weighted by Crippen LogP contribution is 2.24. The summed E-state index contributed by atoms with van der Waals surface area (Å²) in [6.07, 6.45) is 1.10. The van der Waals surface area contributed by atoms with E-state index in [0.29, 0.717) is 6.61 Å². The standard InChI is InChI=1S/C14H24O6/c1-13(2,3)20-12(16)17-8-6-7-10(15)11-9-18-14(4,5)19-11/h6-7,10-11,15H,8-9H2,1-5H3/b7-6-/t10-,11+/m0/s1. The normalized spacial score (nSPS) is 23.8. The first-order valence-corrected chi connectivity index (χ1v) is 6.61. The van der Waals surface area contributed by atoms with Gasteiger partial charge in [-0.05, 0) is 40.7 Å². The zero-order chi connectivity index (χ0) is 15.4. The Morgan fingerprint density at radius 2 is 2.15 bits per heavy atom. The van der Waals surface area contributed by atoms with E-state index in [2.05, 4.69) is 0 Å². The molecule has 0 amide bonds. The van der Waals surface area contributed by atoms with Gasteiger partial charge in [-0.3, -0.25) is 0 Å². The molecule has 0 aromatic carbocycles. The van der Waals surface area contributed by atoms with Crippen molar-refractivity contribution in [2.75, 3.05) is 13.2 Å². The maximum Gasteiger partial charge on any atom is 0.509 e. The molecule has 0 aliphatic carbocycles. The topological polar surface area (TPSA) is 74.2 Å². The molecule has 0 bridgehead atoms. The summed E-state index contributed by atoms with van der Waals surface area (Å²) in [5.41, 5.74) is -0.582. The maximum atomic E-state index is 11.3. The van der Waals surface area contributed by atoms with Crippen molar-refractivity contribution in [1.82, 2.24) is 0 Å². The molecule has 0 radical (unpaired) electrons. The van der Waals surface area contributed by atoms with Gasteiger partial charge in [-0.1, -0.05) is 6.08 Å². The van der Waals surface area contributed by atoms with Crippen molar-refractivity contribution in [2.24, 2.45) is 0 Å². The van der Waals surface area contributed by atoms with E-state index < -0.39 is 29.8 Å². The van der Waals surface area contributed by atoms with Gasteiger partial charge in [0, 0.05) is 0 Å². The fraction of sp³-hybridized carbons (Fsp3) is 0.786. The predicted octanol–water partition coefficient (Wildman–Crippen LogP) is 2.01. The molecule has 2 atom stereocenters. The summed E-state index contributed by atoms with van der Waals surface area (Å²) in [5, 5.41) is 9.87. The van der Waals surface area contributed by atoms with E-state index in [1.54, 1.807) is 40.7 Å². The van der Waals surface area contributed by atoms with Gasteiger partial charge in [0.1, 0.15) is 24.4 Å². The molecular weight excluding hydrogens is 264 g/mol. The van der Waals surface area contributed by atoms with Crippen LogP contribution in [0.25, 0.3) is 0 Å². The van der Waals surface area contributed by atoms with Gasteiger partial charge < -0.3 is 24.1 Å². The minimum absolute atomic E-state index is 0.0307. The molecule has 116 valence electrons. The van der Waals surface area contributed by atoms with E-state index in [-0.39, 0.29) is 6.61 Å². The first-order valence-electron chi connectivity index (χ1n) is 6.61. The van der Waals surface area contributed by atoms with E-state index >= 15 is 0 Å². The average molecular weight is 288 g/mol. The van der Waals surface area contributed by atoms with Crippen molar-refractivity contribution in [3.05, 3.63) is 12.2 Å². The molecule has 1 aliphatic rings. The molecule has 0 unspecified atom stereocenters. The second-order valence-electron chi connectivity index (χ2n) is 6.06. The van der Waals surface area contributed by atoms with Crippen LogP contribution in [0.3, 0.4) is 0 Å². The molecule has 0 spiro atoms. The number of hydrogen-bond acceptors (Lipinski definition) is 6. The summed E-state index contributed by atoms with van der Waals surface area (Å²) in [5.74, 6) is -0.674. The van der Waals surface area contributed by atoms with Crippen LogP contribution in [-0.4, -0.2) is 48.1 Å². The lowest BCUT2D eigenvalue weighted by Crippen LogP contribution is -2.29. The number of carbonyl (C=O) groups excluding carboxylic acids is 1. The Balaban J connectivity index is 2.26. The number of aliphatic hydroxyl groups excluding tert-OH is 1. The van der Waals surface area contributed by atoms with E-state index in [4.69, 9.17) is 18.9 Å². The molecule has 1 fully saturated rings. The van der Waals surface area contributed by atoms with E-state index in [1.807, 2.05) is 0 Å². The molecule has 1 rings (SSSR count). The minimum atomic E-state index is -0.806. The van der Waals surface area contributed by atoms with E-state index in [9.17, 15) is 9.90 Å². The number of ether oxygens (including phenoxy) is 4. The zero-order valence-corrected chi connectivity index (χ0v) is 12.7. The lowest BCUT2D eigenvalue weighted by atomic mass is 10.2. The summed E-state index contributed by atoms with van der Waals surface area (Å²) >= 11 is 0. The molecule has 20 heavy (non-hydrogen) atoms. The van der Waals surface area contributed by atoms with Crippen molar-refractivity contribution in [2.45, 2.75) is 58.2 Å². The van der Waals surface area contributed by atoms with Crippen molar-refractivity contribution in [1.29, 1.82) is 0 Å². The lowest BCUT2D eigenvalue weighted by Gasteiger charge is -2.19. The highest BCUT2D eigenvalue weighted by atomic mass is 16.7. The third-order valence-electron chi connectivity index (χ3n) is 2.43. The largest absolute Gasteiger partial charge is 0.509 e. The minimum Gasteiger partial charge on any atom is -0.430 e. The molecule has 1 aliphatic heterocycles. The first kappa shape index (κ1) is 16.9. The monoisotopic (exact) mass is 288 g/mol. The Morgan fingerprint density at radius 3 is 2.65 bits per heavy atom. The smallest absolute Gasteiger partial charge is 0.430 e. The molecule has 0 aromatic heterocycles. The van der Waals surface area contributed by atoms with Crippen LogP contribution in [0.2, 0.25) is 0 Å². The van der Waals surface area contributed by atoms with Crippen molar-refractivity contribution in [3.63, 3.8) is 0 Å². The van der Waals surface area contributed by atoms with Crippen LogP contribution in [0.5, 0.6) is 0 Å². The number of carbonyl (C=O) groups is 1. The maximum absolute atomic E-state index is 11.3. The van der Waals surface area contributed by atoms with Crippen molar-refractivity contribution in [3.8, 4) is 0 Å². The number of rotatable bonds is 4. The predicted molar refractivity (Wildman–Crippen MR) is 72.2 cm³/mol. The lowest BCUT2D eigenvalue weighted by molar-refractivity contribution is -0.147.